The van der Waals surface area contributed by atoms with Gasteiger partial charge in [-0.05, 0) is 25.5 Å². The fourth-order valence-electron chi connectivity index (χ4n) is 1.77. The topological polar surface area (TPSA) is 43.0 Å². The zero-order valence-corrected chi connectivity index (χ0v) is 9.95. The van der Waals surface area contributed by atoms with Gasteiger partial charge < -0.3 is 14.4 Å². The summed E-state index contributed by atoms with van der Waals surface area (Å²) in [5.74, 6) is 0. The van der Waals surface area contributed by atoms with Gasteiger partial charge in [-0.3, -0.25) is 0 Å². The summed E-state index contributed by atoms with van der Waals surface area (Å²) in [5.41, 5.74) is 4.87. The van der Waals surface area contributed by atoms with Crippen LogP contribution in [0.25, 0.3) is 0 Å². The highest BCUT2D eigenvalue weighted by Crippen LogP contribution is 2.12. The van der Waals surface area contributed by atoms with Crippen LogP contribution >= 0.6 is 0 Å². The van der Waals surface area contributed by atoms with E-state index in [9.17, 15) is 0 Å². The Bertz CT molecular complexity index is 457. The van der Waals surface area contributed by atoms with Gasteiger partial charge in [0.1, 0.15) is 6.26 Å². The summed E-state index contributed by atoms with van der Waals surface area (Å²) in [4.78, 5) is 0. The summed E-state index contributed by atoms with van der Waals surface area (Å²) in [6.07, 6.45) is 1.59. The van der Waals surface area contributed by atoms with Crippen molar-refractivity contribution in [2.45, 2.75) is 26.9 Å². The Morgan fingerprint density at radius 3 is 2.75 bits per heavy atom. The summed E-state index contributed by atoms with van der Waals surface area (Å²) >= 11 is 0. The van der Waals surface area contributed by atoms with E-state index in [0.29, 0.717) is 0 Å². The van der Waals surface area contributed by atoms with Crippen molar-refractivity contribution in [3.05, 3.63) is 41.0 Å². The number of rotatable bonds is 4. The lowest BCUT2D eigenvalue weighted by Gasteiger charge is -2.03. The Kier molecular flexibility index (Phi) is 3.10. The molecule has 2 heterocycles. The van der Waals surface area contributed by atoms with Crippen LogP contribution < -0.4 is 5.32 Å². The molecule has 0 atom stereocenters. The molecule has 0 bridgehead atoms. The Balaban J connectivity index is 1.92. The van der Waals surface area contributed by atoms with Crippen molar-refractivity contribution in [3.63, 3.8) is 0 Å². The van der Waals surface area contributed by atoms with Gasteiger partial charge in [-0.1, -0.05) is 5.16 Å². The molecule has 0 spiro atoms. The maximum Gasteiger partial charge on any atom is 0.124 e. The highest BCUT2D eigenvalue weighted by Gasteiger charge is 2.05. The van der Waals surface area contributed by atoms with Crippen molar-refractivity contribution >= 4 is 0 Å². The molecule has 86 valence electrons. The maximum absolute atomic E-state index is 4.77. The minimum atomic E-state index is 0.740. The Morgan fingerprint density at radius 1 is 1.38 bits per heavy atom. The van der Waals surface area contributed by atoms with Gasteiger partial charge in [0, 0.05) is 37.6 Å². The Labute approximate surface area is 95.2 Å². The molecule has 2 rings (SSSR count). The molecular formula is C12H17N3O. The van der Waals surface area contributed by atoms with Crippen LogP contribution in [-0.4, -0.2) is 9.72 Å². The summed E-state index contributed by atoms with van der Waals surface area (Å²) in [7, 11) is 2.09. The van der Waals surface area contributed by atoms with E-state index >= 15 is 0 Å². The van der Waals surface area contributed by atoms with E-state index in [1.54, 1.807) is 6.26 Å². The SMILES string of the molecule is Cc1cc(CNCc2ccon2)c(C)n1C. The normalized spacial score (nSPS) is 10.9. The first-order valence-corrected chi connectivity index (χ1v) is 5.40. The zero-order chi connectivity index (χ0) is 11.5. The van der Waals surface area contributed by atoms with Crippen LogP contribution in [0, 0.1) is 13.8 Å². The van der Waals surface area contributed by atoms with E-state index in [4.69, 9.17) is 4.52 Å². The molecule has 0 saturated heterocycles. The van der Waals surface area contributed by atoms with Crippen molar-refractivity contribution in [1.29, 1.82) is 0 Å². The largest absolute Gasteiger partial charge is 0.364 e. The van der Waals surface area contributed by atoms with Crippen LogP contribution in [0.2, 0.25) is 0 Å². The third-order valence-corrected chi connectivity index (χ3v) is 2.99. The third kappa shape index (κ3) is 2.17. The average Bonchev–Trinajstić information content (AvgIpc) is 2.85. The van der Waals surface area contributed by atoms with Gasteiger partial charge in [0.05, 0.1) is 5.69 Å². The molecule has 4 heteroatoms. The molecule has 1 N–H and O–H groups in total. The highest BCUT2D eigenvalue weighted by molar-refractivity contribution is 5.26. The van der Waals surface area contributed by atoms with E-state index in [1.165, 1.54) is 17.0 Å². The highest BCUT2D eigenvalue weighted by atomic mass is 16.5. The lowest BCUT2D eigenvalue weighted by molar-refractivity contribution is 0.408. The molecular weight excluding hydrogens is 202 g/mol. The maximum atomic E-state index is 4.77. The monoisotopic (exact) mass is 219 g/mol. The summed E-state index contributed by atoms with van der Waals surface area (Å²) < 4.78 is 6.97. The van der Waals surface area contributed by atoms with Gasteiger partial charge in [-0.15, -0.1) is 0 Å². The van der Waals surface area contributed by atoms with Gasteiger partial charge in [0.25, 0.3) is 0 Å². The molecule has 0 radical (unpaired) electrons. The molecule has 0 saturated carbocycles. The number of aromatic nitrogens is 2. The van der Waals surface area contributed by atoms with Crippen LogP contribution in [0.4, 0.5) is 0 Å². The smallest absolute Gasteiger partial charge is 0.124 e. The third-order valence-electron chi connectivity index (χ3n) is 2.99. The van der Waals surface area contributed by atoms with Crippen LogP contribution in [0.5, 0.6) is 0 Å². The quantitative estimate of drug-likeness (QED) is 0.854. The molecule has 2 aromatic heterocycles. The standard InChI is InChI=1S/C12H17N3O/c1-9-6-11(10(2)15(9)3)7-13-8-12-4-5-16-14-12/h4-6,13H,7-8H2,1-3H3. The molecule has 0 amide bonds. The zero-order valence-electron chi connectivity index (χ0n) is 9.95. The van der Waals surface area contributed by atoms with Crippen molar-refractivity contribution in [1.82, 2.24) is 15.0 Å². The number of hydrogen-bond acceptors (Lipinski definition) is 3. The Morgan fingerprint density at radius 2 is 2.19 bits per heavy atom. The number of aryl methyl sites for hydroxylation is 1. The lowest BCUT2D eigenvalue weighted by Crippen LogP contribution is -2.13. The summed E-state index contributed by atoms with van der Waals surface area (Å²) in [5, 5.41) is 7.20. The molecule has 0 fully saturated rings. The number of nitrogens with one attached hydrogen (secondary N) is 1. The first-order chi connectivity index (χ1) is 7.68. The predicted molar refractivity (Wildman–Crippen MR) is 61.9 cm³/mol. The molecule has 0 unspecified atom stereocenters. The fraction of sp³-hybridized carbons (Fsp3) is 0.417. The van der Waals surface area contributed by atoms with E-state index in [2.05, 4.69) is 42.0 Å². The van der Waals surface area contributed by atoms with Crippen molar-refractivity contribution < 1.29 is 4.52 Å². The van der Waals surface area contributed by atoms with Crippen LogP contribution in [0.3, 0.4) is 0 Å². The van der Waals surface area contributed by atoms with Crippen LogP contribution in [0.1, 0.15) is 22.6 Å². The van der Waals surface area contributed by atoms with Crippen LogP contribution in [0.15, 0.2) is 22.9 Å². The molecule has 0 aromatic carbocycles. The molecule has 16 heavy (non-hydrogen) atoms. The minimum Gasteiger partial charge on any atom is -0.364 e. The number of nitrogens with zero attached hydrogens (tertiary/aromatic N) is 2. The average molecular weight is 219 g/mol. The summed E-state index contributed by atoms with van der Waals surface area (Å²) in [6.45, 7) is 5.86. The van der Waals surface area contributed by atoms with E-state index in [0.717, 1.165) is 18.8 Å². The number of hydrogen-bond donors (Lipinski definition) is 1. The van der Waals surface area contributed by atoms with Gasteiger partial charge in [0.15, 0.2) is 0 Å². The fourth-order valence-corrected chi connectivity index (χ4v) is 1.77. The predicted octanol–water partition coefficient (Wildman–Crippen LogP) is 1.92. The van der Waals surface area contributed by atoms with Crippen LogP contribution in [-0.2, 0) is 20.1 Å². The van der Waals surface area contributed by atoms with Gasteiger partial charge >= 0.3 is 0 Å². The lowest BCUT2D eigenvalue weighted by atomic mass is 10.2. The van der Waals surface area contributed by atoms with Gasteiger partial charge in [0.2, 0.25) is 0 Å². The molecule has 0 aliphatic heterocycles. The second kappa shape index (κ2) is 4.53. The first-order valence-electron chi connectivity index (χ1n) is 5.40. The first kappa shape index (κ1) is 11.0. The molecule has 2 aromatic rings. The Hall–Kier alpha value is -1.55. The summed E-state index contributed by atoms with van der Waals surface area (Å²) in [6, 6.07) is 4.08. The van der Waals surface area contributed by atoms with Gasteiger partial charge in [-0.2, -0.15) is 0 Å². The molecule has 0 aliphatic carbocycles. The van der Waals surface area contributed by atoms with Crippen molar-refractivity contribution in [2.24, 2.45) is 7.05 Å². The minimum absolute atomic E-state index is 0.740. The van der Waals surface area contributed by atoms with E-state index in [1.807, 2.05) is 6.07 Å². The van der Waals surface area contributed by atoms with Gasteiger partial charge in [-0.25, -0.2) is 0 Å². The molecule has 0 aliphatic rings. The second-order valence-electron chi connectivity index (χ2n) is 4.05. The molecule has 4 nitrogen and oxygen atoms in total. The second-order valence-corrected chi connectivity index (χ2v) is 4.05. The van der Waals surface area contributed by atoms with Crippen molar-refractivity contribution in [2.75, 3.05) is 0 Å². The van der Waals surface area contributed by atoms with Crippen molar-refractivity contribution in [3.8, 4) is 0 Å². The van der Waals surface area contributed by atoms with E-state index < -0.39 is 0 Å². The van der Waals surface area contributed by atoms with E-state index in [-0.39, 0.29) is 0 Å².